The van der Waals surface area contributed by atoms with Gasteiger partial charge >= 0.3 is 6.18 Å². The van der Waals surface area contributed by atoms with Gasteiger partial charge in [0.1, 0.15) is 0 Å². The molecule has 0 spiro atoms. The summed E-state index contributed by atoms with van der Waals surface area (Å²) in [5, 5.41) is 9.55. The van der Waals surface area contributed by atoms with Crippen LogP contribution >= 0.6 is 0 Å². The maximum atomic E-state index is 11.9. The van der Waals surface area contributed by atoms with Crippen molar-refractivity contribution in [1.82, 2.24) is 4.31 Å². The van der Waals surface area contributed by atoms with E-state index in [1.54, 1.807) is 6.92 Å². The average Bonchev–Trinajstić information content (AvgIpc) is 2.09. The van der Waals surface area contributed by atoms with E-state index >= 15 is 0 Å². The van der Waals surface area contributed by atoms with Gasteiger partial charge in [0.25, 0.3) is 0 Å². The molecule has 0 saturated carbocycles. The van der Waals surface area contributed by atoms with Crippen LogP contribution < -0.4 is 0 Å². The van der Waals surface area contributed by atoms with Crippen LogP contribution in [0.25, 0.3) is 0 Å². The van der Waals surface area contributed by atoms with Crippen molar-refractivity contribution in [3.8, 4) is 0 Å². The summed E-state index contributed by atoms with van der Waals surface area (Å²) in [4.78, 5) is 0. The molecule has 0 heterocycles. The molecule has 0 saturated heterocycles. The molecule has 0 amide bonds. The minimum absolute atomic E-state index is 0.123. The summed E-state index contributed by atoms with van der Waals surface area (Å²) in [5.41, 5.74) is -1.22. The Hall–Kier alpha value is -0.340. The van der Waals surface area contributed by atoms with Crippen molar-refractivity contribution < 1.29 is 26.7 Å². The molecule has 18 heavy (non-hydrogen) atoms. The molecular weight excluding hydrogens is 271 g/mol. The van der Waals surface area contributed by atoms with Crippen molar-refractivity contribution in [1.29, 1.82) is 0 Å². The van der Waals surface area contributed by atoms with Gasteiger partial charge in [0.2, 0.25) is 10.0 Å². The highest BCUT2D eigenvalue weighted by Gasteiger charge is 2.30. The van der Waals surface area contributed by atoms with E-state index < -0.39 is 40.4 Å². The first-order valence-electron chi connectivity index (χ1n) is 5.64. The Bertz CT molecular complexity index is 346. The molecule has 0 aromatic carbocycles. The first-order chi connectivity index (χ1) is 7.87. The largest absolute Gasteiger partial charge is 0.389 e. The summed E-state index contributed by atoms with van der Waals surface area (Å²) >= 11 is 0. The quantitative estimate of drug-likeness (QED) is 0.777. The molecular formula is C10H20F3NO3S. The number of sulfonamides is 1. The molecule has 0 fully saturated rings. The van der Waals surface area contributed by atoms with E-state index in [-0.39, 0.29) is 13.1 Å². The van der Waals surface area contributed by atoms with E-state index in [1.807, 2.05) is 0 Å². The molecule has 0 unspecified atom stereocenters. The van der Waals surface area contributed by atoms with Crippen molar-refractivity contribution in [3.63, 3.8) is 0 Å². The van der Waals surface area contributed by atoms with Gasteiger partial charge in [-0.1, -0.05) is 6.92 Å². The Morgan fingerprint density at radius 3 is 2.06 bits per heavy atom. The van der Waals surface area contributed by atoms with Gasteiger partial charge in [-0.25, -0.2) is 8.42 Å². The highest BCUT2D eigenvalue weighted by atomic mass is 32.2. The van der Waals surface area contributed by atoms with E-state index in [2.05, 4.69) is 0 Å². The number of rotatable bonds is 7. The molecule has 0 radical (unpaired) electrons. The monoisotopic (exact) mass is 291 g/mol. The molecule has 0 atom stereocenters. The molecule has 0 aliphatic heterocycles. The third-order valence-corrected chi connectivity index (χ3v) is 4.15. The number of hydrogen-bond donors (Lipinski definition) is 1. The number of hydrogen-bond acceptors (Lipinski definition) is 3. The molecule has 1 N–H and O–H groups in total. The van der Waals surface area contributed by atoms with E-state index in [0.717, 1.165) is 4.31 Å². The minimum Gasteiger partial charge on any atom is -0.389 e. The van der Waals surface area contributed by atoms with E-state index in [4.69, 9.17) is 0 Å². The zero-order valence-corrected chi connectivity index (χ0v) is 11.6. The Morgan fingerprint density at radius 1 is 1.22 bits per heavy atom. The molecule has 0 aromatic heterocycles. The first-order valence-corrected chi connectivity index (χ1v) is 7.25. The van der Waals surface area contributed by atoms with Gasteiger partial charge in [-0.15, -0.1) is 0 Å². The van der Waals surface area contributed by atoms with Gasteiger partial charge in [0.15, 0.2) is 0 Å². The van der Waals surface area contributed by atoms with Crippen LogP contribution in [0.3, 0.4) is 0 Å². The SMILES string of the molecule is CCN(CC(C)(C)O)S(=O)(=O)CCCC(F)(F)F. The van der Waals surface area contributed by atoms with Crippen molar-refractivity contribution in [2.24, 2.45) is 0 Å². The normalized spacial score (nSPS) is 14.2. The summed E-state index contributed by atoms with van der Waals surface area (Å²) in [7, 11) is -3.75. The predicted molar refractivity (Wildman–Crippen MR) is 62.6 cm³/mol. The van der Waals surface area contributed by atoms with Crippen molar-refractivity contribution in [2.45, 2.75) is 45.4 Å². The summed E-state index contributed by atoms with van der Waals surface area (Å²) in [5.74, 6) is -0.559. The van der Waals surface area contributed by atoms with Crippen LogP contribution in [-0.2, 0) is 10.0 Å². The summed E-state index contributed by atoms with van der Waals surface area (Å²) in [6, 6.07) is 0. The maximum Gasteiger partial charge on any atom is 0.389 e. The predicted octanol–water partition coefficient (Wildman–Crippen LogP) is 1.75. The van der Waals surface area contributed by atoms with Gasteiger partial charge in [0.05, 0.1) is 11.4 Å². The number of nitrogens with zero attached hydrogens (tertiary/aromatic N) is 1. The molecule has 0 aromatic rings. The first kappa shape index (κ1) is 17.7. The van der Waals surface area contributed by atoms with Crippen LogP contribution in [0.5, 0.6) is 0 Å². The standard InChI is InChI=1S/C10H20F3NO3S/c1-4-14(8-9(2,3)15)18(16,17)7-5-6-10(11,12)13/h15H,4-8H2,1-3H3. The van der Waals surface area contributed by atoms with E-state index in [9.17, 15) is 26.7 Å². The van der Waals surface area contributed by atoms with Gasteiger partial charge in [-0.05, 0) is 20.3 Å². The third-order valence-electron chi connectivity index (χ3n) is 2.17. The second-order valence-electron chi connectivity index (χ2n) is 4.77. The Balaban J connectivity index is 4.50. The molecule has 0 rings (SSSR count). The summed E-state index contributed by atoms with van der Waals surface area (Å²) in [6.45, 7) is 4.46. The lowest BCUT2D eigenvalue weighted by molar-refractivity contribution is -0.134. The van der Waals surface area contributed by atoms with Gasteiger partial charge < -0.3 is 5.11 Å². The lowest BCUT2D eigenvalue weighted by Gasteiger charge is -2.27. The van der Waals surface area contributed by atoms with E-state index in [0.29, 0.717) is 0 Å². The zero-order valence-electron chi connectivity index (χ0n) is 10.8. The van der Waals surface area contributed by atoms with Crippen LogP contribution in [0, 0.1) is 0 Å². The van der Waals surface area contributed by atoms with Crippen LogP contribution in [0.4, 0.5) is 13.2 Å². The fraction of sp³-hybridized carbons (Fsp3) is 1.00. The molecule has 4 nitrogen and oxygen atoms in total. The van der Waals surface area contributed by atoms with Crippen molar-refractivity contribution >= 4 is 10.0 Å². The second kappa shape index (κ2) is 6.21. The fourth-order valence-electron chi connectivity index (χ4n) is 1.42. The molecule has 0 bridgehead atoms. The number of halogens is 3. The fourth-order valence-corrected chi connectivity index (χ4v) is 3.10. The molecule has 110 valence electrons. The Kier molecular flexibility index (Phi) is 6.09. The van der Waals surface area contributed by atoms with Crippen LogP contribution in [0.15, 0.2) is 0 Å². The lowest BCUT2D eigenvalue weighted by atomic mass is 10.1. The van der Waals surface area contributed by atoms with Gasteiger partial charge in [0, 0.05) is 19.5 Å². The van der Waals surface area contributed by atoms with Crippen LogP contribution in [0.1, 0.15) is 33.6 Å². The number of likely N-dealkylation sites (N-methyl/N-ethyl adjacent to an activating group) is 1. The third kappa shape index (κ3) is 7.88. The smallest absolute Gasteiger partial charge is 0.389 e. The summed E-state index contributed by atoms with van der Waals surface area (Å²) in [6.07, 6.45) is -5.93. The molecule has 0 aliphatic carbocycles. The second-order valence-corrected chi connectivity index (χ2v) is 6.86. The van der Waals surface area contributed by atoms with Crippen molar-refractivity contribution in [3.05, 3.63) is 0 Å². The number of aliphatic hydroxyl groups is 1. The maximum absolute atomic E-state index is 11.9. The Labute approximate surface area is 106 Å². The average molecular weight is 291 g/mol. The van der Waals surface area contributed by atoms with Crippen molar-refractivity contribution in [2.75, 3.05) is 18.8 Å². The van der Waals surface area contributed by atoms with Gasteiger partial charge in [-0.3, -0.25) is 0 Å². The number of alkyl halides is 3. The topological polar surface area (TPSA) is 57.6 Å². The van der Waals surface area contributed by atoms with Crippen LogP contribution in [-0.4, -0.2) is 48.4 Å². The van der Waals surface area contributed by atoms with Crippen LogP contribution in [0.2, 0.25) is 0 Å². The highest BCUT2D eigenvalue weighted by molar-refractivity contribution is 7.89. The molecule has 0 aliphatic rings. The lowest BCUT2D eigenvalue weighted by Crippen LogP contribution is -2.43. The molecule has 8 heteroatoms. The zero-order chi connectivity index (χ0) is 14.6. The van der Waals surface area contributed by atoms with Gasteiger partial charge in [-0.2, -0.15) is 17.5 Å². The highest BCUT2D eigenvalue weighted by Crippen LogP contribution is 2.22. The summed E-state index contributed by atoms with van der Waals surface area (Å²) < 4.78 is 60.4. The Morgan fingerprint density at radius 2 is 1.72 bits per heavy atom. The van der Waals surface area contributed by atoms with E-state index in [1.165, 1.54) is 13.8 Å². The minimum atomic E-state index is -4.34.